The third-order valence-electron chi connectivity index (χ3n) is 3.88. The Morgan fingerprint density at radius 2 is 1.46 bits per heavy atom. The SMILES string of the molecule is Cc1ccc(C(=O)CC(C)(C)N(Cl)N(Cl)C(=O)c2ccc(F)cc2)cc1. The zero-order valence-electron chi connectivity index (χ0n) is 14.7. The molecule has 0 heterocycles. The van der Waals surface area contributed by atoms with E-state index in [9.17, 15) is 14.0 Å². The van der Waals surface area contributed by atoms with Crippen LogP contribution in [0.15, 0.2) is 48.5 Å². The molecule has 0 unspecified atom stereocenters. The normalized spacial score (nSPS) is 11.5. The summed E-state index contributed by atoms with van der Waals surface area (Å²) in [7, 11) is 0. The van der Waals surface area contributed by atoms with Gasteiger partial charge in [0, 0.05) is 41.1 Å². The van der Waals surface area contributed by atoms with Crippen LogP contribution >= 0.6 is 23.6 Å². The van der Waals surface area contributed by atoms with Crippen molar-refractivity contribution in [3.05, 3.63) is 71.0 Å². The van der Waals surface area contributed by atoms with E-state index in [1.54, 1.807) is 26.0 Å². The number of benzene rings is 2. The molecule has 0 spiro atoms. The highest BCUT2D eigenvalue weighted by molar-refractivity contribution is 6.27. The fraction of sp³-hybridized carbons (Fsp3) is 0.263. The Morgan fingerprint density at radius 3 is 2.00 bits per heavy atom. The topological polar surface area (TPSA) is 40.6 Å². The molecule has 0 bridgehead atoms. The highest BCUT2D eigenvalue weighted by Crippen LogP contribution is 2.28. The molecule has 0 radical (unpaired) electrons. The van der Waals surface area contributed by atoms with E-state index >= 15 is 0 Å². The molecule has 138 valence electrons. The first-order valence-electron chi connectivity index (χ1n) is 7.93. The summed E-state index contributed by atoms with van der Waals surface area (Å²) in [6, 6.07) is 12.1. The van der Waals surface area contributed by atoms with Crippen molar-refractivity contribution < 1.29 is 14.0 Å². The van der Waals surface area contributed by atoms with Crippen molar-refractivity contribution in [1.29, 1.82) is 0 Å². The molecule has 0 aliphatic heterocycles. The molecular formula is C19H19Cl2FN2O2. The maximum absolute atomic E-state index is 13.0. The van der Waals surface area contributed by atoms with E-state index in [-0.39, 0.29) is 17.8 Å². The van der Waals surface area contributed by atoms with Crippen molar-refractivity contribution in [2.24, 2.45) is 0 Å². The van der Waals surface area contributed by atoms with E-state index in [1.165, 1.54) is 12.1 Å². The fourth-order valence-corrected chi connectivity index (χ4v) is 2.75. The third kappa shape index (κ3) is 4.81. The smallest absolute Gasteiger partial charge is 0.284 e. The van der Waals surface area contributed by atoms with Crippen molar-refractivity contribution in [1.82, 2.24) is 9.06 Å². The predicted octanol–water partition coefficient (Wildman–Crippen LogP) is 5.15. The number of amides is 1. The van der Waals surface area contributed by atoms with E-state index in [0.29, 0.717) is 10.1 Å². The van der Waals surface area contributed by atoms with Gasteiger partial charge in [-0.3, -0.25) is 9.59 Å². The number of Topliss-reactive ketones (excluding diaryl/α,β-unsaturated/α-hetero) is 1. The van der Waals surface area contributed by atoms with E-state index in [4.69, 9.17) is 23.6 Å². The molecule has 0 atom stereocenters. The third-order valence-corrected chi connectivity index (χ3v) is 4.87. The number of hydrogen-bond acceptors (Lipinski definition) is 3. The number of carbonyl (C=O) groups excluding carboxylic acids is 2. The summed E-state index contributed by atoms with van der Waals surface area (Å²) in [6.07, 6.45) is 0.0411. The number of nitrogens with zero attached hydrogens (tertiary/aromatic N) is 2. The Balaban J connectivity index is 2.11. The number of hydrogen-bond donors (Lipinski definition) is 0. The van der Waals surface area contributed by atoms with Crippen LogP contribution in [0, 0.1) is 12.7 Å². The Bertz CT molecular complexity index is 792. The van der Waals surface area contributed by atoms with Gasteiger partial charge in [-0.05, 0) is 45.0 Å². The summed E-state index contributed by atoms with van der Waals surface area (Å²) in [4.78, 5) is 24.9. The maximum Gasteiger partial charge on any atom is 0.284 e. The first-order valence-corrected chi connectivity index (χ1v) is 8.61. The summed E-state index contributed by atoms with van der Waals surface area (Å²) in [5.41, 5.74) is 0.838. The second-order valence-electron chi connectivity index (χ2n) is 6.61. The number of aryl methyl sites for hydroxylation is 1. The Kier molecular flexibility index (Phi) is 6.39. The summed E-state index contributed by atoms with van der Waals surface area (Å²) in [5.74, 6) is -1.22. The molecule has 2 aromatic rings. The zero-order valence-corrected chi connectivity index (χ0v) is 16.2. The van der Waals surface area contributed by atoms with Crippen LogP contribution in [-0.4, -0.2) is 26.3 Å². The van der Waals surface area contributed by atoms with Crippen LogP contribution < -0.4 is 0 Å². The summed E-state index contributed by atoms with van der Waals surface area (Å²) < 4.78 is 14.7. The standard InChI is InChI=1S/C19H19Cl2FN2O2/c1-13-4-6-14(7-5-13)17(25)12-19(2,3)24(21)23(20)18(26)15-8-10-16(22)11-9-15/h4-11H,12H2,1-3H3. The lowest BCUT2D eigenvalue weighted by molar-refractivity contribution is 0.0374. The van der Waals surface area contributed by atoms with E-state index < -0.39 is 17.3 Å². The highest BCUT2D eigenvalue weighted by atomic mass is 35.5. The molecule has 0 aliphatic rings. The van der Waals surface area contributed by atoms with Gasteiger partial charge in [0.25, 0.3) is 5.91 Å². The number of carbonyl (C=O) groups is 2. The summed E-state index contributed by atoms with van der Waals surface area (Å²) in [5, 5.41) is 0. The monoisotopic (exact) mass is 396 g/mol. The van der Waals surface area contributed by atoms with Crippen LogP contribution in [0.25, 0.3) is 0 Å². The van der Waals surface area contributed by atoms with Gasteiger partial charge in [0.05, 0.1) is 5.54 Å². The minimum atomic E-state index is -0.943. The van der Waals surface area contributed by atoms with Gasteiger partial charge in [0.1, 0.15) is 5.82 Å². The predicted molar refractivity (Wildman–Crippen MR) is 100 cm³/mol. The number of halogens is 3. The molecule has 7 heteroatoms. The summed E-state index contributed by atoms with van der Waals surface area (Å²) in [6.45, 7) is 5.32. The largest absolute Gasteiger partial charge is 0.294 e. The first kappa shape index (κ1) is 20.4. The highest BCUT2D eigenvalue weighted by Gasteiger charge is 2.35. The van der Waals surface area contributed by atoms with Crippen LogP contribution in [0.1, 0.15) is 46.5 Å². The maximum atomic E-state index is 13.0. The minimum Gasteiger partial charge on any atom is -0.294 e. The lowest BCUT2D eigenvalue weighted by atomic mass is 9.94. The molecule has 0 aliphatic carbocycles. The molecule has 2 rings (SSSR count). The second-order valence-corrected chi connectivity index (χ2v) is 7.25. The molecule has 4 nitrogen and oxygen atoms in total. The molecule has 26 heavy (non-hydrogen) atoms. The fourth-order valence-electron chi connectivity index (χ4n) is 2.32. The van der Waals surface area contributed by atoms with Gasteiger partial charge in [-0.15, -0.1) is 4.53 Å². The van der Waals surface area contributed by atoms with Crippen LogP contribution in [0.2, 0.25) is 0 Å². The second kappa shape index (κ2) is 8.16. The van der Waals surface area contributed by atoms with Crippen molar-refractivity contribution >= 4 is 35.2 Å². The van der Waals surface area contributed by atoms with Gasteiger partial charge in [0.2, 0.25) is 0 Å². The van der Waals surface area contributed by atoms with Crippen molar-refractivity contribution in [3.63, 3.8) is 0 Å². The van der Waals surface area contributed by atoms with E-state index in [0.717, 1.165) is 22.2 Å². The number of rotatable bonds is 6. The van der Waals surface area contributed by atoms with Gasteiger partial charge in [-0.25, -0.2) is 4.39 Å². The molecule has 0 aromatic heterocycles. The lowest BCUT2D eigenvalue weighted by Crippen LogP contribution is -2.48. The van der Waals surface area contributed by atoms with Crippen LogP contribution in [0.4, 0.5) is 4.39 Å². The Labute approximate surface area is 162 Å². The molecule has 1 amide bonds. The van der Waals surface area contributed by atoms with Crippen molar-refractivity contribution in [2.45, 2.75) is 32.7 Å². The average Bonchev–Trinajstić information content (AvgIpc) is 2.60. The Hall–Kier alpha value is -1.95. The van der Waals surface area contributed by atoms with Crippen LogP contribution in [0.3, 0.4) is 0 Å². The van der Waals surface area contributed by atoms with Gasteiger partial charge in [-0.2, -0.15) is 4.53 Å². The molecule has 0 N–H and O–H groups in total. The van der Waals surface area contributed by atoms with Crippen molar-refractivity contribution in [3.8, 4) is 0 Å². The summed E-state index contributed by atoms with van der Waals surface area (Å²) >= 11 is 12.3. The molecule has 0 saturated carbocycles. The Morgan fingerprint density at radius 1 is 0.962 bits per heavy atom. The van der Waals surface area contributed by atoms with Crippen molar-refractivity contribution in [2.75, 3.05) is 0 Å². The van der Waals surface area contributed by atoms with Crippen LogP contribution in [-0.2, 0) is 0 Å². The van der Waals surface area contributed by atoms with Crippen LogP contribution in [0.5, 0.6) is 0 Å². The number of hydrazine groups is 1. The van der Waals surface area contributed by atoms with Gasteiger partial charge in [-0.1, -0.05) is 29.8 Å². The van der Waals surface area contributed by atoms with Gasteiger partial charge >= 0.3 is 0 Å². The minimum absolute atomic E-state index is 0.0411. The quantitative estimate of drug-likeness (QED) is 0.385. The molecule has 0 fully saturated rings. The lowest BCUT2D eigenvalue weighted by Gasteiger charge is -2.35. The average molecular weight is 397 g/mol. The molecule has 2 aromatic carbocycles. The molecule has 0 saturated heterocycles. The van der Waals surface area contributed by atoms with Gasteiger partial charge < -0.3 is 0 Å². The molecular weight excluding hydrogens is 378 g/mol. The van der Waals surface area contributed by atoms with E-state index in [2.05, 4.69) is 0 Å². The van der Waals surface area contributed by atoms with Gasteiger partial charge in [0.15, 0.2) is 5.78 Å². The van der Waals surface area contributed by atoms with E-state index in [1.807, 2.05) is 19.1 Å². The first-order chi connectivity index (χ1) is 12.1. The number of ketones is 1. The zero-order chi connectivity index (χ0) is 19.5.